The number of carbonyl (C=O) groups excluding carboxylic acids is 3. The van der Waals surface area contributed by atoms with Crippen molar-refractivity contribution in [3.8, 4) is 0 Å². The minimum absolute atomic E-state index is 0.0932. The Kier molecular flexibility index (Phi) is 13.8. The van der Waals surface area contributed by atoms with Gasteiger partial charge in [0.2, 0.25) is 17.7 Å². The fourth-order valence-electron chi connectivity index (χ4n) is 4.18. The van der Waals surface area contributed by atoms with E-state index in [0.29, 0.717) is 58.0 Å². The number of nitrogens with zero attached hydrogens (tertiary/aromatic N) is 2. The van der Waals surface area contributed by atoms with Crippen molar-refractivity contribution in [3.63, 3.8) is 0 Å². The highest BCUT2D eigenvalue weighted by Gasteiger charge is 2.39. The quantitative estimate of drug-likeness (QED) is 0.0729. The molecule has 0 aromatic carbocycles. The van der Waals surface area contributed by atoms with Gasteiger partial charge in [0.05, 0.1) is 6.04 Å². The fourth-order valence-corrected chi connectivity index (χ4v) is 4.18. The van der Waals surface area contributed by atoms with Crippen molar-refractivity contribution in [2.24, 2.45) is 33.8 Å². The third-order valence-electron chi connectivity index (χ3n) is 6.02. The van der Waals surface area contributed by atoms with Gasteiger partial charge in [0.1, 0.15) is 18.1 Å². The van der Waals surface area contributed by atoms with E-state index >= 15 is 0 Å². The Balaban J connectivity index is 2.89. The number of carboxylic acid groups (broad SMARTS) is 1. The van der Waals surface area contributed by atoms with Crippen LogP contribution < -0.4 is 33.6 Å². The van der Waals surface area contributed by atoms with Gasteiger partial charge in [-0.3, -0.25) is 19.4 Å². The third kappa shape index (κ3) is 10.8. The largest absolute Gasteiger partial charge is 0.480 e. The molecule has 13 nitrogen and oxygen atoms in total. The summed E-state index contributed by atoms with van der Waals surface area (Å²) in [5, 5.41) is 14.8. The lowest BCUT2D eigenvalue weighted by Crippen LogP contribution is -2.56. The Morgan fingerprint density at radius 2 is 1.72 bits per heavy atom. The first kappa shape index (κ1) is 31.1. The number of hydrogen-bond acceptors (Lipinski definition) is 7. The van der Waals surface area contributed by atoms with Crippen LogP contribution in [0.15, 0.2) is 4.99 Å². The Bertz CT molecular complexity index is 772. The van der Waals surface area contributed by atoms with Crippen LogP contribution in [0.1, 0.15) is 65.2 Å². The maximum atomic E-state index is 13.4. The second-order valence-electron chi connectivity index (χ2n) is 9.62. The SMILES string of the molecule is CC(C)CC(N)C(=O)NC(CCCCN)C(=O)N1CCCC1C(=O)NC(CCCN=C(N)N)C(=O)O. The number of guanidine groups is 1. The van der Waals surface area contributed by atoms with Gasteiger partial charge in [-0.1, -0.05) is 13.8 Å². The van der Waals surface area contributed by atoms with Crippen LogP contribution in [0, 0.1) is 5.92 Å². The average molecular weight is 513 g/mol. The highest BCUT2D eigenvalue weighted by molar-refractivity contribution is 5.94. The Labute approximate surface area is 212 Å². The summed E-state index contributed by atoms with van der Waals surface area (Å²) >= 11 is 0. The lowest BCUT2D eigenvalue weighted by atomic mass is 10.0. The second kappa shape index (κ2) is 15.9. The number of amides is 3. The van der Waals surface area contributed by atoms with Gasteiger partial charge in [-0.2, -0.15) is 0 Å². The normalized spacial score (nSPS) is 17.8. The predicted molar refractivity (Wildman–Crippen MR) is 136 cm³/mol. The molecular weight excluding hydrogens is 468 g/mol. The van der Waals surface area contributed by atoms with Crippen molar-refractivity contribution in [2.45, 2.75) is 89.4 Å². The van der Waals surface area contributed by atoms with Gasteiger partial charge >= 0.3 is 5.97 Å². The molecule has 0 aromatic heterocycles. The van der Waals surface area contributed by atoms with E-state index in [1.54, 1.807) is 0 Å². The first-order valence-electron chi connectivity index (χ1n) is 12.6. The highest BCUT2D eigenvalue weighted by Crippen LogP contribution is 2.20. The molecule has 0 bridgehead atoms. The van der Waals surface area contributed by atoms with E-state index < -0.39 is 42.0 Å². The topological polar surface area (TPSA) is 232 Å². The van der Waals surface area contributed by atoms with Crippen molar-refractivity contribution >= 4 is 29.7 Å². The number of carbonyl (C=O) groups is 4. The molecule has 1 saturated heterocycles. The van der Waals surface area contributed by atoms with Crippen LogP contribution >= 0.6 is 0 Å². The lowest BCUT2D eigenvalue weighted by Gasteiger charge is -2.30. The van der Waals surface area contributed by atoms with Crippen molar-refractivity contribution in [2.75, 3.05) is 19.6 Å². The van der Waals surface area contributed by atoms with E-state index in [2.05, 4.69) is 15.6 Å². The van der Waals surface area contributed by atoms with E-state index in [4.69, 9.17) is 22.9 Å². The summed E-state index contributed by atoms with van der Waals surface area (Å²) in [5.74, 6) is -2.40. The zero-order chi connectivity index (χ0) is 27.3. The minimum atomic E-state index is -1.19. The van der Waals surface area contributed by atoms with Gasteiger partial charge in [-0.25, -0.2) is 4.79 Å². The first-order valence-corrected chi connectivity index (χ1v) is 12.6. The standard InChI is InChI=1S/C23H44N8O5/c1-14(2)13-15(25)19(32)29-16(7-3-4-10-24)21(34)31-12-6-9-18(31)20(33)30-17(22(35)36)8-5-11-28-23(26)27/h14-18H,3-13,24-25H2,1-2H3,(H,29,32)(H,30,33)(H,35,36)(H4,26,27,28). The Morgan fingerprint density at radius 3 is 2.31 bits per heavy atom. The molecule has 3 amide bonds. The van der Waals surface area contributed by atoms with Gasteiger partial charge in [-0.15, -0.1) is 0 Å². The number of likely N-dealkylation sites (tertiary alicyclic amines) is 1. The van der Waals surface area contributed by atoms with Crippen LogP contribution in [-0.4, -0.2) is 83.5 Å². The molecule has 36 heavy (non-hydrogen) atoms. The van der Waals surface area contributed by atoms with Crippen LogP contribution in [0.3, 0.4) is 0 Å². The average Bonchev–Trinajstić information content (AvgIpc) is 3.29. The number of aliphatic carboxylic acids is 1. The molecule has 0 aromatic rings. The van der Waals surface area contributed by atoms with E-state index in [9.17, 15) is 24.3 Å². The maximum Gasteiger partial charge on any atom is 0.326 e. The minimum Gasteiger partial charge on any atom is -0.480 e. The number of unbranched alkanes of at least 4 members (excludes halogenated alkanes) is 1. The third-order valence-corrected chi connectivity index (χ3v) is 6.02. The Morgan fingerprint density at radius 1 is 1.06 bits per heavy atom. The fraction of sp³-hybridized carbons (Fsp3) is 0.783. The summed E-state index contributed by atoms with van der Waals surface area (Å²) in [6.07, 6.45) is 3.61. The van der Waals surface area contributed by atoms with Crippen molar-refractivity contribution in [3.05, 3.63) is 0 Å². The predicted octanol–water partition coefficient (Wildman–Crippen LogP) is -1.41. The smallest absolute Gasteiger partial charge is 0.326 e. The first-order chi connectivity index (χ1) is 17.0. The van der Waals surface area contributed by atoms with Gasteiger partial charge in [0.25, 0.3) is 0 Å². The van der Waals surface area contributed by atoms with Crippen LogP contribution in [0.4, 0.5) is 0 Å². The molecule has 206 valence electrons. The number of carboxylic acids is 1. The van der Waals surface area contributed by atoms with Gasteiger partial charge in [0.15, 0.2) is 5.96 Å². The molecule has 11 N–H and O–H groups in total. The number of nitrogens with two attached hydrogens (primary N) is 4. The van der Waals surface area contributed by atoms with E-state index in [1.807, 2.05) is 13.8 Å². The molecule has 1 fully saturated rings. The van der Waals surface area contributed by atoms with Crippen LogP contribution in [0.2, 0.25) is 0 Å². The van der Waals surface area contributed by atoms with E-state index in [1.165, 1.54) is 4.90 Å². The van der Waals surface area contributed by atoms with Crippen molar-refractivity contribution in [1.82, 2.24) is 15.5 Å². The summed E-state index contributed by atoms with van der Waals surface area (Å²) in [5.41, 5.74) is 22.1. The summed E-state index contributed by atoms with van der Waals surface area (Å²) in [7, 11) is 0. The molecule has 13 heteroatoms. The molecule has 1 heterocycles. The molecule has 1 aliphatic heterocycles. The summed E-state index contributed by atoms with van der Waals surface area (Å²) in [6.45, 7) is 4.93. The van der Waals surface area contributed by atoms with Crippen molar-refractivity contribution in [1.29, 1.82) is 0 Å². The lowest BCUT2D eigenvalue weighted by molar-refractivity contribution is -0.145. The molecule has 1 aliphatic rings. The molecule has 0 aliphatic carbocycles. The zero-order valence-electron chi connectivity index (χ0n) is 21.4. The summed E-state index contributed by atoms with van der Waals surface area (Å²) in [6, 6.07) is -3.55. The molecular formula is C23H44N8O5. The van der Waals surface area contributed by atoms with Crippen LogP contribution in [0.5, 0.6) is 0 Å². The van der Waals surface area contributed by atoms with Gasteiger partial charge < -0.3 is 43.6 Å². The molecule has 0 radical (unpaired) electrons. The number of hydrogen-bond donors (Lipinski definition) is 7. The molecule has 1 rings (SSSR count). The van der Waals surface area contributed by atoms with Crippen LogP contribution in [-0.2, 0) is 19.2 Å². The second-order valence-corrected chi connectivity index (χ2v) is 9.62. The Hall–Kier alpha value is -2.93. The van der Waals surface area contributed by atoms with E-state index in [0.717, 1.165) is 0 Å². The molecule has 0 spiro atoms. The zero-order valence-corrected chi connectivity index (χ0v) is 21.4. The van der Waals surface area contributed by atoms with E-state index in [-0.39, 0.29) is 30.8 Å². The van der Waals surface area contributed by atoms with Crippen LogP contribution in [0.25, 0.3) is 0 Å². The van der Waals surface area contributed by atoms with Crippen molar-refractivity contribution < 1.29 is 24.3 Å². The monoisotopic (exact) mass is 512 g/mol. The summed E-state index contributed by atoms with van der Waals surface area (Å²) < 4.78 is 0. The number of nitrogens with one attached hydrogen (secondary N) is 2. The number of aliphatic imine (C=N–C) groups is 1. The molecule has 4 unspecified atom stereocenters. The highest BCUT2D eigenvalue weighted by atomic mass is 16.4. The van der Waals surface area contributed by atoms with Gasteiger partial charge in [-0.05, 0) is 63.8 Å². The number of rotatable bonds is 16. The molecule has 0 saturated carbocycles. The maximum absolute atomic E-state index is 13.4. The van der Waals surface area contributed by atoms with Gasteiger partial charge in [0, 0.05) is 13.1 Å². The summed E-state index contributed by atoms with van der Waals surface area (Å²) in [4.78, 5) is 56.0. The molecule has 4 atom stereocenters.